The van der Waals surface area contributed by atoms with E-state index in [0.29, 0.717) is 6.61 Å². The lowest BCUT2D eigenvalue weighted by molar-refractivity contribution is 0.202. The molecule has 0 N–H and O–H groups in total. The minimum atomic E-state index is -0.0500. The largest absolute Gasteiger partial charge is 0.490 e. The highest BCUT2D eigenvalue weighted by Gasteiger charge is 2.40. The van der Waals surface area contributed by atoms with Crippen LogP contribution in [0.3, 0.4) is 0 Å². The first kappa shape index (κ1) is 9.67. The van der Waals surface area contributed by atoms with Gasteiger partial charge in [-0.3, -0.25) is 0 Å². The molecule has 1 aliphatic rings. The summed E-state index contributed by atoms with van der Waals surface area (Å²) >= 11 is 0. The maximum atomic E-state index is 5.72. The third kappa shape index (κ3) is 1.89. The summed E-state index contributed by atoms with van der Waals surface area (Å²) in [5.74, 6) is 0.912. The zero-order valence-electron chi connectivity index (χ0n) is 9.27. The first-order valence-corrected chi connectivity index (χ1v) is 5.51. The summed E-state index contributed by atoms with van der Waals surface area (Å²) in [5, 5.41) is 2.45. The lowest BCUT2D eigenvalue weighted by Gasteiger charge is -2.09. The zero-order chi connectivity index (χ0) is 11.0. The zero-order valence-corrected chi connectivity index (χ0v) is 9.27. The Balaban J connectivity index is 1.81. The number of epoxide rings is 1. The Hall–Kier alpha value is -1.54. The quantitative estimate of drug-likeness (QED) is 0.732. The summed E-state index contributed by atoms with van der Waals surface area (Å²) in [6.45, 7) is 3.50. The predicted molar refractivity (Wildman–Crippen MR) is 63.8 cm³/mol. The van der Waals surface area contributed by atoms with E-state index in [0.717, 1.165) is 12.4 Å². The van der Waals surface area contributed by atoms with Gasteiger partial charge in [0.2, 0.25) is 0 Å². The molecule has 0 bridgehead atoms. The highest BCUT2D eigenvalue weighted by atomic mass is 16.6. The van der Waals surface area contributed by atoms with Crippen molar-refractivity contribution in [3.8, 4) is 5.75 Å². The molecule has 0 aromatic heterocycles. The molecule has 82 valence electrons. The van der Waals surface area contributed by atoms with E-state index in [-0.39, 0.29) is 5.60 Å². The van der Waals surface area contributed by atoms with E-state index in [1.807, 2.05) is 18.2 Å². The Labute approximate surface area is 94.8 Å². The number of rotatable bonds is 3. The van der Waals surface area contributed by atoms with Gasteiger partial charge in [-0.15, -0.1) is 0 Å². The number of hydrogen-bond acceptors (Lipinski definition) is 2. The second kappa shape index (κ2) is 3.49. The Morgan fingerprint density at radius 1 is 1.19 bits per heavy atom. The van der Waals surface area contributed by atoms with Crippen molar-refractivity contribution in [3.05, 3.63) is 42.5 Å². The second-order valence-electron chi connectivity index (χ2n) is 4.54. The molecular weight excluding hydrogens is 200 g/mol. The van der Waals surface area contributed by atoms with E-state index in [1.165, 1.54) is 10.8 Å². The maximum Gasteiger partial charge on any atom is 0.123 e. The van der Waals surface area contributed by atoms with E-state index in [2.05, 4.69) is 31.2 Å². The molecule has 2 aromatic rings. The van der Waals surface area contributed by atoms with Crippen LogP contribution < -0.4 is 4.74 Å². The van der Waals surface area contributed by atoms with Crippen LogP contribution in [0.5, 0.6) is 5.75 Å². The molecule has 0 radical (unpaired) electrons. The van der Waals surface area contributed by atoms with Gasteiger partial charge in [-0.05, 0) is 29.8 Å². The summed E-state index contributed by atoms with van der Waals surface area (Å²) in [4.78, 5) is 0. The van der Waals surface area contributed by atoms with Crippen molar-refractivity contribution in [1.82, 2.24) is 0 Å². The molecule has 1 fully saturated rings. The Morgan fingerprint density at radius 2 is 1.94 bits per heavy atom. The Kier molecular flexibility index (Phi) is 2.11. The summed E-state index contributed by atoms with van der Waals surface area (Å²) in [7, 11) is 0. The molecule has 0 aliphatic carbocycles. The minimum absolute atomic E-state index is 0.0500. The lowest BCUT2D eigenvalue weighted by atomic mass is 10.1. The van der Waals surface area contributed by atoms with Crippen molar-refractivity contribution in [2.24, 2.45) is 0 Å². The molecule has 0 spiro atoms. The SMILES string of the molecule is CC1(COc2ccc3ccccc3c2)CO1. The van der Waals surface area contributed by atoms with E-state index >= 15 is 0 Å². The van der Waals surface area contributed by atoms with E-state index in [9.17, 15) is 0 Å². The van der Waals surface area contributed by atoms with Crippen molar-refractivity contribution < 1.29 is 9.47 Å². The van der Waals surface area contributed by atoms with Gasteiger partial charge in [0.05, 0.1) is 6.61 Å². The fourth-order valence-electron chi connectivity index (χ4n) is 1.70. The molecule has 2 heteroatoms. The van der Waals surface area contributed by atoms with Gasteiger partial charge in [-0.1, -0.05) is 30.3 Å². The van der Waals surface area contributed by atoms with Crippen LogP contribution in [0.2, 0.25) is 0 Å². The highest BCUT2D eigenvalue weighted by molar-refractivity contribution is 5.83. The molecular formula is C14H14O2. The predicted octanol–water partition coefficient (Wildman–Crippen LogP) is 3.01. The van der Waals surface area contributed by atoms with Gasteiger partial charge in [0, 0.05) is 0 Å². The van der Waals surface area contributed by atoms with Crippen LogP contribution in [0.25, 0.3) is 10.8 Å². The van der Waals surface area contributed by atoms with Crippen LogP contribution in [-0.4, -0.2) is 18.8 Å². The second-order valence-corrected chi connectivity index (χ2v) is 4.54. The van der Waals surface area contributed by atoms with Crippen LogP contribution in [0, 0.1) is 0 Å². The third-order valence-electron chi connectivity index (χ3n) is 2.90. The van der Waals surface area contributed by atoms with Crippen molar-refractivity contribution in [3.63, 3.8) is 0 Å². The Bertz CT molecular complexity index is 515. The molecule has 0 amide bonds. The molecule has 1 aliphatic heterocycles. The molecule has 1 heterocycles. The number of ether oxygens (including phenoxy) is 2. The molecule has 1 atom stereocenters. The standard InChI is InChI=1S/C14H14O2/c1-14(10-16-14)9-15-13-7-6-11-4-2-3-5-12(11)8-13/h2-8H,9-10H2,1H3. The van der Waals surface area contributed by atoms with Gasteiger partial charge in [0.25, 0.3) is 0 Å². The van der Waals surface area contributed by atoms with Gasteiger partial charge in [0.1, 0.15) is 18.0 Å². The normalized spacial score (nSPS) is 23.3. The fraction of sp³-hybridized carbons (Fsp3) is 0.286. The summed E-state index contributed by atoms with van der Waals surface area (Å²) < 4.78 is 11.0. The molecule has 2 nitrogen and oxygen atoms in total. The summed E-state index contributed by atoms with van der Waals surface area (Å²) in [5.41, 5.74) is -0.0500. The summed E-state index contributed by atoms with van der Waals surface area (Å²) in [6.07, 6.45) is 0. The van der Waals surface area contributed by atoms with Gasteiger partial charge in [-0.2, -0.15) is 0 Å². The fourth-order valence-corrected chi connectivity index (χ4v) is 1.70. The molecule has 16 heavy (non-hydrogen) atoms. The van der Waals surface area contributed by atoms with E-state index < -0.39 is 0 Å². The van der Waals surface area contributed by atoms with E-state index in [4.69, 9.17) is 9.47 Å². The van der Waals surface area contributed by atoms with Crippen molar-refractivity contribution in [1.29, 1.82) is 0 Å². The average Bonchev–Trinajstić information content (AvgIpc) is 3.05. The molecule has 1 saturated heterocycles. The Morgan fingerprint density at radius 3 is 2.69 bits per heavy atom. The first-order chi connectivity index (χ1) is 7.75. The number of benzene rings is 2. The third-order valence-corrected chi connectivity index (χ3v) is 2.90. The van der Waals surface area contributed by atoms with Crippen LogP contribution in [0.4, 0.5) is 0 Å². The van der Waals surface area contributed by atoms with Crippen LogP contribution in [0.1, 0.15) is 6.92 Å². The minimum Gasteiger partial charge on any atom is -0.490 e. The first-order valence-electron chi connectivity index (χ1n) is 5.51. The van der Waals surface area contributed by atoms with Gasteiger partial charge in [0.15, 0.2) is 0 Å². The van der Waals surface area contributed by atoms with Crippen molar-refractivity contribution in [2.45, 2.75) is 12.5 Å². The van der Waals surface area contributed by atoms with Crippen LogP contribution >= 0.6 is 0 Å². The van der Waals surface area contributed by atoms with Gasteiger partial charge < -0.3 is 9.47 Å². The topological polar surface area (TPSA) is 21.8 Å². The number of hydrogen-bond donors (Lipinski definition) is 0. The number of fused-ring (bicyclic) bond motifs is 1. The highest BCUT2D eigenvalue weighted by Crippen LogP contribution is 2.28. The average molecular weight is 214 g/mol. The maximum absolute atomic E-state index is 5.72. The van der Waals surface area contributed by atoms with Crippen molar-refractivity contribution >= 4 is 10.8 Å². The van der Waals surface area contributed by atoms with Gasteiger partial charge in [-0.25, -0.2) is 0 Å². The van der Waals surface area contributed by atoms with Gasteiger partial charge >= 0.3 is 0 Å². The van der Waals surface area contributed by atoms with Crippen LogP contribution in [-0.2, 0) is 4.74 Å². The summed E-state index contributed by atoms with van der Waals surface area (Å²) in [6, 6.07) is 14.4. The van der Waals surface area contributed by atoms with Crippen LogP contribution in [0.15, 0.2) is 42.5 Å². The molecule has 1 unspecified atom stereocenters. The smallest absolute Gasteiger partial charge is 0.123 e. The molecule has 2 aromatic carbocycles. The monoisotopic (exact) mass is 214 g/mol. The van der Waals surface area contributed by atoms with Crippen molar-refractivity contribution in [2.75, 3.05) is 13.2 Å². The molecule has 0 saturated carbocycles. The molecule has 3 rings (SSSR count). The van der Waals surface area contributed by atoms with E-state index in [1.54, 1.807) is 0 Å². The lowest BCUT2D eigenvalue weighted by Crippen LogP contribution is -2.16.